The molecule has 2 rings (SSSR count). The highest BCUT2D eigenvalue weighted by Crippen LogP contribution is 2.18. The van der Waals surface area contributed by atoms with Gasteiger partial charge in [0, 0.05) is 12.1 Å². The summed E-state index contributed by atoms with van der Waals surface area (Å²) in [6.07, 6.45) is 3.40. The fourth-order valence-corrected chi connectivity index (χ4v) is 2.35. The molecule has 1 amide bonds. The maximum absolute atomic E-state index is 12.1. The molecule has 0 saturated heterocycles. The molecule has 0 radical (unpaired) electrons. The quantitative estimate of drug-likeness (QED) is 0.566. The zero-order valence-corrected chi connectivity index (χ0v) is 14.0. The summed E-state index contributed by atoms with van der Waals surface area (Å²) in [6, 6.07) is 15.0. The second-order valence-corrected chi connectivity index (χ2v) is 5.30. The summed E-state index contributed by atoms with van der Waals surface area (Å²) in [7, 11) is 1.67. The molecule has 0 heterocycles. The first-order valence-corrected chi connectivity index (χ1v) is 7.98. The second-order valence-electron chi connectivity index (χ2n) is 5.30. The molecule has 0 unspecified atom stereocenters. The minimum absolute atomic E-state index is 0.0784. The lowest BCUT2D eigenvalue weighted by Gasteiger charge is -2.09. The fraction of sp³-hybridized carbons (Fsp3) is 0.250. The van der Waals surface area contributed by atoms with Gasteiger partial charge < -0.3 is 14.8 Å². The molecule has 0 aliphatic heterocycles. The Bertz CT molecular complexity index is 665. The Hall–Kier alpha value is -2.75. The monoisotopic (exact) mass is 325 g/mol. The van der Waals surface area contributed by atoms with E-state index in [4.69, 9.17) is 9.47 Å². The smallest absolute Gasteiger partial charge is 0.251 e. The molecule has 4 nitrogen and oxygen atoms in total. The lowest BCUT2D eigenvalue weighted by molar-refractivity contribution is 0.0953. The van der Waals surface area contributed by atoms with Crippen LogP contribution in [0, 0.1) is 0 Å². The molecule has 0 fully saturated rings. The molecule has 0 atom stereocenters. The topological polar surface area (TPSA) is 47.6 Å². The van der Waals surface area contributed by atoms with E-state index in [2.05, 4.69) is 11.9 Å². The predicted octanol–water partition coefficient (Wildman–Crippen LogP) is 3.62. The minimum atomic E-state index is -0.0784. The van der Waals surface area contributed by atoms with Gasteiger partial charge in [0.2, 0.25) is 0 Å². The lowest BCUT2D eigenvalue weighted by Crippen LogP contribution is -2.24. The predicted molar refractivity (Wildman–Crippen MR) is 95.8 cm³/mol. The number of ether oxygens (including phenoxy) is 2. The first-order valence-electron chi connectivity index (χ1n) is 7.98. The van der Waals surface area contributed by atoms with Gasteiger partial charge in [-0.3, -0.25) is 4.79 Å². The van der Waals surface area contributed by atoms with Crippen LogP contribution in [-0.2, 0) is 6.42 Å². The fourth-order valence-electron chi connectivity index (χ4n) is 2.35. The molecule has 0 saturated carbocycles. The van der Waals surface area contributed by atoms with E-state index in [0.29, 0.717) is 18.7 Å². The van der Waals surface area contributed by atoms with Crippen molar-refractivity contribution in [3.63, 3.8) is 0 Å². The minimum Gasteiger partial charge on any atom is -0.496 e. The second kappa shape index (κ2) is 9.40. The van der Waals surface area contributed by atoms with Gasteiger partial charge in [0.25, 0.3) is 5.91 Å². The molecular formula is C20H23NO3. The summed E-state index contributed by atoms with van der Waals surface area (Å²) < 4.78 is 10.7. The van der Waals surface area contributed by atoms with Crippen LogP contribution in [0.1, 0.15) is 22.3 Å². The molecule has 1 N–H and O–H groups in total. The highest BCUT2D eigenvalue weighted by molar-refractivity contribution is 5.94. The van der Waals surface area contributed by atoms with Crippen molar-refractivity contribution in [2.75, 3.05) is 20.3 Å². The molecule has 0 spiro atoms. The third-order valence-corrected chi connectivity index (χ3v) is 3.59. The van der Waals surface area contributed by atoms with Crippen molar-refractivity contribution in [2.45, 2.75) is 12.8 Å². The molecule has 4 heteroatoms. The Kier molecular flexibility index (Phi) is 6.90. The summed E-state index contributed by atoms with van der Waals surface area (Å²) in [5, 5.41) is 2.93. The van der Waals surface area contributed by atoms with Crippen LogP contribution in [-0.4, -0.2) is 26.2 Å². The number of aryl methyl sites for hydroxylation is 1. The Labute approximate surface area is 143 Å². The number of para-hydroxylation sites is 1. The SMILES string of the molecule is C=CCOc1ccc(C(=O)NCCCc2ccccc2OC)cc1. The van der Waals surface area contributed by atoms with Crippen LogP contribution < -0.4 is 14.8 Å². The van der Waals surface area contributed by atoms with E-state index in [-0.39, 0.29) is 5.91 Å². The van der Waals surface area contributed by atoms with Crippen molar-refractivity contribution >= 4 is 5.91 Å². The van der Waals surface area contributed by atoms with Crippen molar-refractivity contribution in [3.8, 4) is 11.5 Å². The van der Waals surface area contributed by atoms with Crippen molar-refractivity contribution in [1.82, 2.24) is 5.32 Å². The standard InChI is InChI=1S/C20H23NO3/c1-3-15-24-18-12-10-17(11-13-18)20(22)21-14-6-8-16-7-4-5-9-19(16)23-2/h3-5,7,9-13H,1,6,8,14-15H2,2H3,(H,21,22). The number of carbonyl (C=O) groups is 1. The van der Waals surface area contributed by atoms with E-state index in [1.807, 2.05) is 24.3 Å². The number of carbonyl (C=O) groups excluding carboxylic acids is 1. The molecular weight excluding hydrogens is 302 g/mol. The molecule has 2 aromatic rings. The number of nitrogens with one attached hydrogen (secondary N) is 1. The van der Waals surface area contributed by atoms with E-state index in [9.17, 15) is 4.79 Å². The molecule has 0 aromatic heterocycles. The van der Waals surface area contributed by atoms with Gasteiger partial charge in [-0.05, 0) is 48.7 Å². The largest absolute Gasteiger partial charge is 0.496 e. The molecule has 2 aromatic carbocycles. The highest BCUT2D eigenvalue weighted by atomic mass is 16.5. The van der Waals surface area contributed by atoms with Crippen LogP contribution in [0.25, 0.3) is 0 Å². The molecule has 126 valence electrons. The summed E-state index contributed by atoms with van der Waals surface area (Å²) in [6.45, 7) is 4.67. The average Bonchev–Trinajstić information content (AvgIpc) is 2.64. The summed E-state index contributed by atoms with van der Waals surface area (Å²) >= 11 is 0. The Balaban J connectivity index is 1.77. The van der Waals surface area contributed by atoms with Crippen molar-refractivity contribution in [3.05, 3.63) is 72.3 Å². The number of rotatable bonds is 9. The third kappa shape index (κ3) is 5.16. The van der Waals surface area contributed by atoms with Gasteiger partial charge in [0.05, 0.1) is 7.11 Å². The highest BCUT2D eigenvalue weighted by Gasteiger charge is 2.06. The molecule has 24 heavy (non-hydrogen) atoms. The van der Waals surface area contributed by atoms with E-state index in [1.165, 1.54) is 0 Å². The number of hydrogen-bond donors (Lipinski definition) is 1. The van der Waals surface area contributed by atoms with Crippen LogP contribution in [0.15, 0.2) is 61.2 Å². The first-order chi connectivity index (χ1) is 11.7. The third-order valence-electron chi connectivity index (χ3n) is 3.59. The van der Waals surface area contributed by atoms with Gasteiger partial charge in [-0.2, -0.15) is 0 Å². The van der Waals surface area contributed by atoms with Gasteiger partial charge in [-0.25, -0.2) is 0 Å². The van der Waals surface area contributed by atoms with Crippen molar-refractivity contribution in [2.24, 2.45) is 0 Å². The zero-order valence-electron chi connectivity index (χ0n) is 14.0. The molecule has 0 bridgehead atoms. The van der Waals surface area contributed by atoms with Crippen LogP contribution in [0.4, 0.5) is 0 Å². The van der Waals surface area contributed by atoms with Crippen LogP contribution in [0.5, 0.6) is 11.5 Å². The Morgan fingerprint density at radius 1 is 1.17 bits per heavy atom. The van der Waals surface area contributed by atoms with Gasteiger partial charge >= 0.3 is 0 Å². The number of benzene rings is 2. The normalized spacial score (nSPS) is 10.0. The van der Waals surface area contributed by atoms with E-state index >= 15 is 0 Å². The van der Waals surface area contributed by atoms with Crippen LogP contribution in [0.3, 0.4) is 0 Å². The first kappa shape index (κ1) is 17.6. The lowest BCUT2D eigenvalue weighted by atomic mass is 10.1. The van der Waals surface area contributed by atoms with Gasteiger partial charge in [0.15, 0.2) is 0 Å². The van der Waals surface area contributed by atoms with Gasteiger partial charge in [0.1, 0.15) is 18.1 Å². The number of methoxy groups -OCH3 is 1. The summed E-state index contributed by atoms with van der Waals surface area (Å²) in [5.41, 5.74) is 1.77. The van der Waals surface area contributed by atoms with Crippen LogP contribution >= 0.6 is 0 Å². The van der Waals surface area contributed by atoms with Crippen molar-refractivity contribution < 1.29 is 14.3 Å². The van der Waals surface area contributed by atoms with Crippen LogP contribution in [0.2, 0.25) is 0 Å². The Morgan fingerprint density at radius 2 is 1.92 bits per heavy atom. The van der Waals surface area contributed by atoms with E-state index in [0.717, 1.165) is 29.9 Å². The maximum atomic E-state index is 12.1. The van der Waals surface area contributed by atoms with Gasteiger partial charge in [-0.1, -0.05) is 30.9 Å². The summed E-state index contributed by atoms with van der Waals surface area (Å²) in [5.74, 6) is 1.53. The van der Waals surface area contributed by atoms with Gasteiger partial charge in [-0.15, -0.1) is 0 Å². The molecule has 0 aliphatic rings. The van der Waals surface area contributed by atoms with Crippen molar-refractivity contribution in [1.29, 1.82) is 0 Å². The maximum Gasteiger partial charge on any atom is 0.251 e. The Morgan fingerprint density at radius 3 is 2.62 bits per heavy atom. The molecule has 0 aliphatic carbocycles. The number of hydrogen-bond acceptors (Lipinski definition) is 3. The zero-order chi connectivity index (χ0) is 17.2. The number of amides is 1. The van der Waals surface area contributed by atoms with E-state index < -0.39 is 0 Å². The summed E-state index contributed by atoms with van der Waals surface area (Å²) in [4.78, 5) is 12.1. The van der Waals surface area contributed by atoms with E-state index in [1.54, 1.807) is 37.5 Å². The average molecular weight is 325 g/mol.